The van der Waals surface area contributed by atoms with Crippen molar-refractivity contribution in [2.24, 2.45) is 5.92 Å². The molecule has 1 saturated carbocycles. The second kappa shape index (κ2) is 5.11. The third kappa shape index (κ3) is 2.51. The molecule has 0 spiro atoms. The van der Waals surface area contributed by atoms with Gasteiger partial charge >= 0.3 is 0 Å². The van der Waals surface area contributed by atoms with Crippen LogP contribution in [0.2, 0.25) is 0 Å². The van der Waals surface area contributed by atoms with Crippen molar-refractivity contribution in [2.75, 3.05) is 13.6 Å². The summed E-state index contributed by atoms with van der Waals surface area (Å²) in [6.45, 7) is 4.46. The molecule has 0 saturated heterocycles. The van der Waals surface area contributed by atoms with Crippen LogP contribution in [0.1, 0.15) is 34.6 Å². The number of amides is 1. The Balaban J connectivity index is 1.82. The summed E-state index contributed by atoms with van der Waals surface area (Å²) in [4.78, 5) is 18.6. The topological polar surface area (TPSA) is 70.7 Å². The summed E-state index contributed by atoms with van der Waals surface area (Å²) in [5.74, 6) is 0.356. The highest BCUT2D eigenvalue weighted by Gasteiger charge is 2.29. The molecule has 112 valence electrons. The zero-order valence-corrected chi connectivity index (χ0v) is 12.6. The van der Waals surface area contributed by atoms with E-state index in [1.807, 2.05) is 19.9 Å². The van der Waals surface area contributed by atoms with Gasteiger partial charge in [0.15, 0.2) is 5.65 Å². The van der Waals surface area contributed by atoms with Crippen LogP contribution < -0.4 is 0 Å². The molecule has 6 nitrogen and oxygen atoms in total. The molecule has 0 aliphatic heterocycles. The van der Waals surface area contributed by atoms with E-state index in [1.54, 1.807) is 22.7 Å². The smallest absolute Gasteiger partial charge is 0.257 e. The average molecular weight is 288 g/mol. The number of carbonyl (C=O) groups excluding carboxylic acids is 1. The lowest BCUT2D eigenvalue weighted by atomic mass is 9.82. The lowest BCUT2D eigenvalue weighted by molar-refractivity contribution is 0.0265. The minimum absolute atomic E-state index is 0.0450. The number of aliphatic hydroxyl groups excluding tert-OH is 1. The van der Waals surface area contributed by atoms with E-state index >= 15 is 0 Å². The summed E-state index contributed by atoms with van der Waals surface area (Å²) in [6, 6.07) is 1.89. The van der Waals surface area contributed by atoms with Gasteiger partial charge in [0, 0.05) is 25.9 Å². The van der Waals surface area contributed by atoms with Gasteiger partial charge in [-0.05, 0) is 32.6 Å². The zero-order chi connectivity index (χ0) is 15.1. The van der Waals surface area contributed by atoms with Crippen LogP contribution in [-0.4, -0.2) is 50.2 Å². The van der Waals surface area contributed by atoms with Crippen molar-refractivity contribution in [1.29, 1.82) is 0 Å². The molecule has 6 heteroatoms. The summed E-state index contributed by atoms with van der Waals surface area (Å²) in [7, 11) is 1.80. The van der Waals surface area contributed by atoms with Gasteiger partial charge in [-0.25, -0.2) is 9.50 Å². The fourth-order valence-electron chi connectivity index (χ4n) is 2.90. The van der Waals surface area contributed by atoms with Gasteiger partial charge in [0.25, 0.3) is 5.91 Å². The third-order valence-corrected chi connectivity index (χ3v) is 4.17. The van der Waals surface area contributed by atoms with Gasteiger partial charge in [-0.15, -0.1) is 0 Å². The fraction of sp³-hybridized carbons (Fsp3) is 0.533. The Morgan fingerprint density at radius 2 is 2.19 bits per heavy atom. The maximum Gasteiger partial charge on any atom is 0.257 e. The zero-order valence-electron chi connectivity index (χ0n) is 12.6. The number of nitrogens with zero attached hydrogens (tertiary/aromatic N) is 4. The van der Waals surface area contributed by atoms with Gasteiger partial charge in [-0.2, -0.15) is 5.10 Å². The Labute approximate surface area is 123 Å². The molecule has 0 radical (unpaired) electrons. The van der Waals surface area contributed by atoms with Crippen molar-refractivity contribution in [3.05, 3.63) is 29.2 Å². The maximum atomic E-state index is 12.6. The average Bonchev–Trinajstić information content (AvgIpc) is 2.78. The largest absolute Gasteiger partial charge is 0.393 e. The number of hydrogen-bond acceptors (Lipinski definition) is 4. The lowest BCUT2D eigenvalue weighted by Gasteiger charge is -2.34. The van der Waals surface area contributed by atoms with Crippen molar-refractivity contribution in [2.45, 2.75) is 32.8 Å². The first kappa shape index (κ1) is 14.0. The molecule has 1 aliphatic rings. The fourth-order valence-corrected chi connectivity index (χ4v) is 2.90. The normalized spacial score (nSPS) is 21.3. The molecule has 1 fully saturated rings. The monoisotopic (exact) mass is 288 g/mol. The van der Waals surface area contributed by atoms with Gasteiger partial charge in [0.05, 0.1) is 23.1 Å². The highest BCUT2D eigenvalue weighted by Crippen LogP contribution is 2.28. The second-order valence-electron chi connectivity index (χ2n) is 5.99. The Morgan fingerprint density at radius 3 is 2.86 bits per heavy atom. The molecule has 2 aromatic rings. The van der Waals surface area contributed by atoms with Crippen LogP contribution in [0.4, 0.5) is 0 Å². The van der Waals surface area contributed by atoms with Crippen molar-refractivity contribution in [3.63, 3.8) is 0 Å². The molecule has 0 atom stereocenters. The number of rotatable bonds is 3. The second-order valence-corrected chi connectivity index (χ2v) is 5.99. The first-order chi connectivity index (χ1) is 9.95. The molecule has 2 heterocycles. The molecule has 0 unspecified atom stereocenters. The molecular weight excluding hydrogens is 268 g/mol. The van der Waals surface area contributed by atoms with E-state index in [1.165, 1.54) is 0 Å². The molecule has 0 bridgehead atoms. The van der Waals surface area contributed by atoms with Gasteiger partial charge < -0.3 is 10.0 Å². The van der Waals surface area contributed by atoms with Crippen molar-refractivity contribution < 1.29 is 9.90 Å². The number of aliphatic hydroxyl groups is 1. The molecular formula is C15H20N4O2. The van der Waals surface area contributed by atoms with E-state index < -0.39 is 0 Å². The van der Waals surface area contributed by atoms with E-state index in [9.17, 15) is 9.90 Å². The van der Waals surface area contributed by atoms with Crippen molar-refractivity contribution >= 4 is 11.6 Å². The molecule has 1 amide bonds. The van der Waals surface area contributed by atoms with Crippen LogP contribution in [0.3, 0.4) is 0 Å². The quantitative estimate of drug-likeness (QED) is 0.921. The van der Waals surface area contributed by atoms with E-state index in [-0.39, 0.29) is 12.0 Å². The number of aryl methyl sites for hydroxylation is 2. The van der Waals surface area contributed by atoms with E-state index in [4.69, 9.17) is 0 Å². The highest BCUT2D eigenvalue weighted by atomic mass is 16.3. The summed E-state index contributed by atoms with van der Waals surface area (Å²) in [5, 5.41) is 13.7. The molecule has 2 aromatic heterocycles. The first-order valence-corrected chi connectivity index (χ1v) is 7.21. The van der Waals surface area contributed by atoms with E-state index in [0.717, 1.165) is 29.9 Å². The number of carbonyl (C=O) groups is 1. The van der Waals surface area contributed by atoms with Crippen LogP contribution >= 0.6 is 0 Å². The van der Waals surface area contributed by atoms with Crippen LogP contribution in [0.15, 0.2) is 12.3 Å². The van der Waals surface area contributed by atoms with Gasteiger partial charge in [-0.1, -0.05) is 0 Å². The number of aromatic nitrogens is 3. The number of fused-ring (bicyclic) bond motifs is 1. The van der Waals surface area contributed by atoms with Gasteiger partial charge in [-0.3, -0.25) is 4.79 Å². The summed E-state index contributed by atoms with van der Waals surface area (Å²) < 4.78 is 1.71. The SMILES string of the molecule is Cc1cc2ncc(C(=O)N(C)CC3CC(O)C3)c(C)n2n1. The Bertz CT molecular complexity index is 688. The minimum atomic E-state index is -0.190. The maximum absolute atomic E-state index is 12.6. The molecule has 21 heavy (non-hydrogen) atoms. The van der Waals surface area contributed by atoms with Crippen molar-refractivity contribution in [1.82, 2.24) is 19.5 Å². The molecule has 1 N–H and O–H groups in total. The van der Waals surface area contributed by atoms with Gasteiger partial charge in [0.2, 0.25) is 0 Å². The Hall–Kier alpha value is -1.95. The summed E-state index contributed by atoms with van der Waals surface area (Å²) in [6.07, 6.45) is 3.00. The standard InChI is InChI=1S/C15H20N4O2/c1-9-4-14-16-7-13(10(2)19(14)17-9)15(21)18(3)8-11-5-12(20)6-11/h4,7,11-12,20H,5-6,8H2,1-3H3. The predicted molar refractivity (Wildman–Crippen MR) is 78.2 cm³/mol. The van der Waals surface area contributed by atoms with Crippen LogP contribution in [0.5, 0.6) is 0 Å². The number of hydrogen-bond donors (Lipinski definition) is 1. The first-order valence-electron chi connectivity index (χ1n) is 7.21. The van der Waals surface area contributed by atoms with Crippen molar-refractivity contribution in [3.8, 4) is 0 Å². The summed E-state index contributed by atoms with van der Waals surface area (Å²) in [5.41, 5.74) is 3.02. The Kier molecular flexibility index (Phi) is 3.41. The predicted octanol–water partition coefficient (Wildman–Crippen LogP) is 1.19. The lowest BCUT2D eigenvalue weighted by Crippen LogP contribution is -2.39. The van der Waals surface area contributed by atoms with Crippen LogP contribution in [0.25, 0.3) is 5.65 Å². The Morgan fingerprint density at radius 1 is 1.48 bits per heavy atom. The van der Waals surface area contributed by atoms with E-state index in [0.29, 0.717) is 18.0 Å². The molecule has 1 aliphatic carbocycles. The molecule has 0 aromatic carbocycles. The van der Waals surface area contributed by atoms with Crippen LogP contribution in [-0.2, 0) is 0 Å². The summed E-state index contributed by atoms with van der Waals surface area (Å²) >= 11 is 0. The highest BCUT2D eigenvalue weighted by molar-refractivity contribution is 5.95. The van der Waals surface area contributed by atoms with Gasteiger partial charge in [0.1, 0.15) is 0 Å². The third-order valence-electron chi connectivity index (χ3n) is 4.17. The van der Waals surface area contributed by atoms with Crippen LogP contribution in [0, 0.1) is 19.8 Å². The minimum Gasteiger partial charge on any atom is -0.393 e. The van der Waals surface area contributed by atoms with E-state index in [2.05, 4.69) is 10.1 Å². The molecule has 3 rings (SSSR count).